The summed E-state index contributed by atoms with van der Waals surface area (Å²) in [4.78, 5) is 17.2. The molecule has 1 aromatic carbocycles. The fourth-order valence-electron chi connectivity index (χ4n) is 1.96. The average Bonchev–Trinajstić information content (AvgIpc) is 2.66. The molecule has 0 aromatic heterocycles. The van der Waals surface area contributed by atoms with Gasteiger partial charge in [-0.05, 0) is 12.1 Å². The minimum atomic E-state index is -4.95. The molecule has 1 aliphatic rings. The molecule has 0 saturated carbocycles. The number of para-hydroxylation sites is 1. The number of phosphoric ester groups is 1. The van der Waals surface area contributed by atoms with Crippen molar-refractivity contribution in [2.45, 2.75) is 30.8 Å². The molecule has 118 valence electrons. The quantitative estimate of drug-likeness (QED) is 0.296. The van der Waals surface area contributed by atoms with Crippen LogP contribution in [0.5, 0.6) is 0 Å². The second kappa shape index (κ2) is 6.39. The van der Waals surface area contributed by atoms with Gasteiger partial charge in [-0.25, -0.2) is 4.57 Å². The molecule has 5 atom stereocenters. The van der Waals surface area contributed by atoms with Gasteiger partial charge < -0.3 is 35.2 Å². The Morgan fingerprint density at radius 1 is 1.19 bits per heavy atom. The Kier molecular flexibility index (Phi) is 4.97. The summed E-state index contributed by atoms with van der Waals surface area (Å²) in [5.74, 6) is 0. The van der Waals surface area contributed by atoms with Gasteiger partial charge in [-0.1, -0.05) is 18.2 Å². The third-order valence-electron chi connectivity index (χ3n) is 2.91. The maximum Gasteiger partial charge on any atom is 0.472 e. The standard InChI is InChI=1S/C11H16NO8P/c13-7-8(14)10(12-6-4-2-1-3-5-6)19-9(7)11(15)20-21(16,17)18/h1-5,7-15H,(H2,16,17,18)/t7-,8+,9-,10+,11?/m0/s1. The van der Waals surface area contributed by atoms with Crippen molar-refractivity contribution in [2.75, 3.05) is 5.32 Å². The van der Waals surface area contributed by atoms with Crippen LogP contribution in [0.15, 0.2) is 30.3 Å². The largest absolute Gasteiger partial charge is 0.472 e. The number of rotatable bonds is 5. The van der Waals surface area contributed by atoms with Crippen molar-refractivity contribution in [3.05, 3.63) is 30.3 Å². The fourth-order valence-corrected chi connectivity index (χ4v) is 2.36. The van der Waals surface area contributed by atoms with Crippen molar-refractivity contribution in [1.82, 2.24) is 0 Å². The highest BCUT2D eigenvalue weighted by molar-refractivity contribution is 7.46. The summed E-state index contributed by atoms with van der Waals surface area (Å²) < 4.78 is 19.9. The molecule has 1 aromatic rings. The molecule has 6 N–H and O–H groups in total. The topological polar surface area (TPSA) is 149 Å². The van der Waals surface area contributed by atoms with Gasteiger partial charge in [-0.15, -0.1) is 0 Å². The van der Waals surface area contributed by atoms with E-state index in [2.05, 4.69) is 9.84 Å². The van der Waals surface area contributed by atoms with E-state index in [1.54, 1.807) is 30.3 Å². The van der Waals surface area contributed by atoms with E-state index in [0.717, 1.165) is 0 Å². The number of ether oxygens (including phenoxy) is 1. The van der Waals surface area contributed by atoms with Crippen molar-refractivity contribution in [1.29, 1.82) is 0 Å². The van der Waals surface area contributed by atoms with Gasteiger partial charge in [-0.2, -0.15) is 0 Å². The maximum absolute atomic E-state index is 10.7. The molecule has 1 saturated heterocycles. The molecular formula is C11H16NO8P. The lowest BCUT2D eigenvalue weighted by atomic mass is 10.1. The monoisotopic (exact) mass is 321 g/mol. The van der Waals surface area contributed by atoms with Crippen LogP contribution >= 0.6 is 7.82 Å². The summed E-state index contributed by atoms with van der Waals surface area (Å²) in [5, 5.41) is 31.9. The molecule has 0 amide bonds. The molecule has 1 aliphatic heterocycles. The van der Waals surface area contributed by atoms with Crippen LogP contribution in [0.25, 0.3) is 0 Å². The smallest absolute Gasteiger partial charge is 0.387 e. The number of phosphoric acid groups is 1. The average molecular weight is 321 g/mol. The third-order valence-corrected chi connectivity index (χ3v) is 3.40. The second-order valence-corrected chi connectivity index (χ2v) is 5.69. The number of anilines is 1. The number of aliphatic hydroxyl groups excluding tert-OH is 3. The van der Waals surface area contributed by atoms with E-state index >= 15 is 0 Å². The van der Waals surface area contributed by atoms with Gasteiger partial charge in [0.25, 0.3) is 0 Å². The van der Waals surface area contributed by atoms with Crippen LogP contribution in [0.2, 0.25) is 0 Å². The molecule has 21 heavy (non-hydrogen) atoms. The van der Waals surface area contributed by atoms with Gasteiger partial charge >= 0.3 is 7.82 Å². The second-order valence-electron chi connectivity index (χ2n) is 4.50. The van der Waals surface area contributed by atoms with Crippen molar-refractivity contribution in [2.24, 2.45) is 0 Å². The first-order valence-electron chi connectivity index (χ1n) is 6.03. The van der Waals surface area contributed by atoms with E-state index in [1.165, 1.54) is 0 Å². The first kappa shape index (κ1) is 16.3. The van der Waals surface area contributed by atoms with Crippen molar-refractivity contribution >= 4 is 13.5 Å². The van der Waals surface area contributed by atoms with Gasteiger partial charge in [-0.3, -0.25) is 4.52 Å². The van der Waals surface area contributed by atoms with E-state index in [-0.39, 0.29) is 0 Å². The molecule has 0 spiro atoms. The SMILES string of the molecule is O=P(O)(O)OC(O)[C@H]1O[C@@H](Nc2ccccc2)[C@H](O)[C@@H]1O. The van der Waals surface area contributed by atoms with Crippen LogP contribution in [0.3, 0.4) is 0 Å². The van der Waals surface area contributed by atoms with E-state index in [9.17, 15) is 19.9 Å². The van der Waals surface area contributed by atoms with Crippen LogP contribution in [-0.4, -0.2) is 55.9 Å². The van der Waals surface area contributed by atoms with Gasteiger partial charge in [0.05, 0.1) is 0 Å². The van der Waals surface area contributed by atoms with Crippen LogP contribution in [0.1, 0.15) is 0 Å². The Balaban J connectivity index is 2.02. The number of hydrogen-bond donors (Lipinski definition) is 6. The summed E-state index contributed by atoms with van der Waals surface area (Å²) in [7, 11) is -4.95. The lowest BCUT2D eigenvalue weighted by Crippen LogP contribution is -2.40. The van der Waals surface area contributed by atoms with Crippen molar-refractivity contribution in [3.8, 4) is 0 Å². The molecule has 1 fully saturated rings. The molecule has 2 rings (SSSR count). The Morgan fingerprint density at radius 2 is 1.81 bits per heavy atom. The minimum absolute atomic E-state index is 0.597. The Morgan fingerprint density at radius 3 is 2.38 bits per heavy atom. The van der Waals surface area contributed by atoms with Crippen LogP contribution in [0, 0.1) is 0 Å². The zero-order valence-electron chi connectivity index (χ0n) is 10.7. The maximum atomic E-state index is 10.7. The minimum Gasteiger partial charge on any atom is -0.387 e. The summed E-state index contributed by atoms with van der Waals surface area (Å²) >= 11 is 0. The number of nitrogens with one attached hydrogen (secondary N) is 1. The van der Waals surface area contributed by atoms with Crippen molar-refractivity contribution in [3.63, 3.8) is 0 Å². The van der Waals surface area contributed by atoms with Crippen LogP contribution in [-0.2, 0) is 13.8 Å². The van der Waals surface area contributed by atoms with Crippen LogP contribution < -0.4 is 5.32 Å². The highest BCUT2D eigenvalue weighted by Gasteiger charge is 2.47. The fraction of sp³-hybridized carbons (Fsp3) is 0.455. The summed E-state index contributed by atoms with van der Waals surface area (Å²) in [6, 6.07) is 8.65. The summed E-state index contributed by atoms with van der Waals surface area (Å²) in [6.07, 6.45) is -7.65. The van der Waals surface area contributed by atoms with E-state index in [4.69, 9.17) is 14.5 Å². The predicted octanol–water partition coefficient (Wildman–Crippen LogP) is -1.03. The molecule has 1 heterocycles. The van der Waals surface area contributed by atoms with E-state index < -0.39 is 38.7 Å². The Hall–Kier alpha value is -1.03. The zero-order chi connectivity index (χ0) is 15.6. The van der Waals surface area contributed by atoms with Gasteiger partial charge in [0, 0.05) is 5.69 Å². The third kappa shape index (κ3) is 4.22. The molecule has 1 unspecified atom stereocenters. The Labute approximate surface area is 120 Å². The highest BCUT2D eigenvalue weighted by Crippen LogP contribution is 2.39. The number of hydrogen-bond acceptors (Lipinski definition) is 7. The zero-order valence-corrected chi connectivity index (χ0v) is 11.6. The molecule has 0 bridgehead atoms. The first-order valence-corrected chi connectivity index (χ1v) is 7.56. The normalized spacial score (nSPS) is 31.1. The number of aliphatic hydroxyl groups is 3. The van der Waals surface area contributed by atoms with Crippen LogP contribution in [0.4, 0.5) is 5.69 Å². The number of benzene rings is 1. The summed E-state index contributed by atoms with van der Waals surface area (Å²) in [6.45, 7) is 0. The van der Waals surface area contributed by atoms with E-state index in [0.29, 0.717) is 5.69 Å². The predicted molar refractivity (Wildman–Crippen MR) is 69.9 cm³/mol. The molecule has 9 nitrogen and oxygen atoms in total. The van der Waals surface area contributed by atoms with Gasteiger partial charge in [0.1, 0.15) is 18.3 Å². The summed E-state index contributed by atoms with van der Waals surface area (Å²) in [5.41, 5.74) is 0.597. The first-order chi connectivity index (χ1) is 9.78. The lowest BCUT2D eigenvalue weighted by molar-refractivity contribution is -0.151. The van der Waals surface area contributed by atoms with E-state index in [1.807, 2.05) is 0 Å². The molecule has 0 aliphatic carbocycles. The Bertz CT molecular complexity index is 508. The highest BCUT2D eigenvalue weighted by atomic mass is 31.2. The van der Waals surface area contributed by atoms with Crippen molar-refractivity contribution < 1.29 is 38.9 Å². The van der Waals surface area contributed by atoms with Gasteiger partial charge in [0.2, 0.25) is 0 Å². The molecular weight excluding hydrogens is 305 g/mol. The lowest BCUT2D eigenvalue weighted by Gasteiger charge is -2.21. The molecule has 0 radical (unpaired) electrons. The molecule has 10 heteroatoms. The van der Waals surface area contributed by atoms with Gasteiger partial charge in [0.15, 0.2) is 12.5 Å².